The van der Waals surface area contributed by atoms with Gasteiger partial charge in [-0.05, 0) is 37.5 Å². The molecular weight excluding hydrogens is 350 g/mol. The van der Waals surface area contributed by atoms with Crippen LogP contribution in [0.5, 0.6) is 0 Å². The van der Waals surface area contributed by atoms with Gasteiger partial charge in [-0.2, -0.15) is 0 Å². The second kappa shape index (κ2) is 5.67. The smallest absolute Gasteiger partial charge is 0.273 e. The lowest BCUT2D eigenvalue weighted by molar-refractivity contribution is 0.0704. The number of amides is 1. The molecule has 0 N–H and O–H groups in total. The Morgan fingerprint density at radius 2 is 1.82 bits per heavy atom. The molecule has 3 heterocycles. The maximum absolute atomic E-state index is 13.2. The Morgan fingerprint density at radius 3 is 2.46 bits per heavy atom. The lowest BCUT2D eigenvalue weighted by Gasteiger charge is -2.27. The van der Waals surface area contributed by atoms with Gasteiger partial charge in [0.2, 0.25) is 0 Å². The number of aromatic nitrogens is 3. The van der Waals surface area contributed by atoms with Crippen molar-refractivity contribution in [2.75, 3.05) is 26.0 Å². The number of pyridine rings is 1. The highest BCUT2D eigenvalue weighted by molar-refractivity contribution is 5.96. The van der Waals surface area contributed by atoms with Crippen molar-refractivity contribution in [3.05, 3.63) is 59.5 Å². The topological polar surface area (TPSA) is 54.3 Å². The third-order valence-electron chi connectivity index (χ3n) is 6.02. The molecule has 0 saturated heterocycles. The average Bonchev–Trinajstić information content (AvgIpc) is 3.38. The van der Waals surface area contributed by atoms with Crippen LogP contribution in [0.4, 0.5) is 5.82 Å². The van der Waals surface area contributed by atoms with E-state index in [4.69, 9.17) is 5.10 Å². The maximum Gasteiger partial charge on any atom is 0.273 e. The van der Waals surface area contributed by atoms with Gasteiger partial charge in [0.05, 0.1) is 11.2 Å². The number of carbonyl (C=O) groups is 1. The van der Waals surface area contributed by atoms with Gasteiger partial charge in [-0.25, -0.2) is 4.68 Å². The number of hydrogen-bond acceptors (Lipinski definition) is 4. The predicted octanol–water partition coefficient (Wildman–Crippen LogP) is 3.38. The van der Waals surface area contributed by atoms with E-state index in [0.29, 0.717) is 5.69 Å². The summed E-state index contributed by atoms with van der Waals surface area (Å²) in [7, 11) is 5.79. The Morgan fingerprint density at radius 1 is 1.07 bits per heavy atom. The summed E-state index contributed by atoms with van der Waals surface area (Å²) < 4.78 is 1.82. The minimum absolute atomic E-state index is 0.0212. The standard InChI is InChI=1S/C22H23N5O/c1-14-5-6-16(13-23-14)15-7-8-17-18(11-15)27-19(12-20(24-27)25(2)3)21(28)26(4)22(17)9-10-22/h5-8,11-13H,9-10H2,1-4H3. The fraction of sp³-hybridized carbons (Fsp3) is 0.318. The van der Waals surface area contributed by atoms with E-state index in [0.717, 1.165) is 41.2 Å². The Balaban J connectivity index is 1.76. The highest BCUT2D eigenvalue weighted by atomic mass is 16.2. The van der Waals surface area contributed by atoms with Crippen molar-refractivity contribution < 1.29 is 4.79 Å². The van der Waals surface area contributed by atoms with E-state index in [1.54, 1.807) is 0 Å². The highest BCUT2D eigenvalue weighted by Crippen LogP contribution is 2.54. The number of anilines is 1. The molecular formula is C22H23N5O. The molecule has 2 aromatic heterocycles. The molecule has 1 fully saturated rings. The van der Waals surface area contributed by atoms with Gasteiger partial charge in [0.15, 0.2) is 5.82 Å². The van der Waals surface area contributed by atoms with Crippen molar-refractivity contribution in [3.63, 3.8) is 0 Å². The molecule has 5 rings (SSSR count). The lowest BCUT2D eigenvalue weighted by atomic mass is 9.97. The van der Waals surface area contributed by atoms with E-state index in [2.05, 4.69) is 29.2 Å². The number of hydrogen-bond donors (Lipinski definition) is 0. The van der Waals surface area contributed by atoms with Gasteiger partial charge in [-0.1, -0.05) is 18.2 Å². The van der Waals surface area contributed by atoms with Crippen molar-refractivity contribution in [1.29, 1.82) is 0 Å². The van der Waals surface area contributed by atoms with E-state index < -0.39 is 0 Å². The third kappa shape index (κ3) is 2.30. The Bertz CT molecular complexity index is 1090. The normalized spacial score (nSPS) is 16.6. The maximum atomic E-state index is 13.2. The van der Waals surface area contributed by atoms with Crippen molar-refractivity contribution in [2.45, 2.75) is 25.3 Å². The molecule has 0 atom stereocenters. The Kier molecular flexibility index (Phi) is 3.44. The third-order valence-corrected chi connectivity index (χ3v) is 6.02. The van der Waals surface area contributed by atoms with Crippen LogP contribution in [-0.4, -0.2) is 46.7 Å². The molecule has 6 heteroatoms. The van der Waals surface area contributed by atoms with Crippen molar-refractivity contribution in [1.82, 2.24) is 19.7 Å². The SMILES string of the molecule is Cc1ccc(-c2ccc3c(c2)-n2nc(N(C)C)cc2C(=O)N(C)C32CC2)cn1. The van der Waals surface area contributed by atoms with Crippen molar-refractivity contribution in [3.8, 4) is 16.8 Å². The first-order valence-corrected chi connectivity index (χ1v) is 9.54. The van der Waals surface area contributed by atoms with E-state index >= 15 is 0 Å². The summed E-state index contributed by atoms with van der Waals surface area (Å²) in [5.41, 5.74) is 5.67. The fourth-order valence-corrected chi connectivity index (χ4v) is 4.11. The lowest BCUT2D eigenvalue weighted by Crippen LogP contribution is -2.36. The van der Waals surface area contributed by atoms with Gasteiger partial charge in [0, 0.05) is 50.2 Å². The number of nitrogens with zero attached hydrogens (tertiary/aromatic N) is 5. The second-order valence-electron chi connectivity index (χ2n) is 8.01. The van der Waals surface area contributed by atoms with Crippen LogP contribution in [0.1, 0.15) is 34.6 Å². The van der Waals surface area contributed by atoms with Gasteiger partial charge in [0.1, 0.15) is 5.69 Å². The van der Waals surface area contributed by atoms with Gasteiger partial charge >= 0.3 is 0 Å². The van der Waals surface area contributed by atoms with Crippen LogP contribution < -0.4 is 4.90 Å². The zero-order chi connectivity index (χ0) is 19.6. The molecule has 0 radical (unpaired) electrons. The van der Waals surface area contributed by atoms with Crippen LogP contribution in [0, 0.1) is 6.92 Å². The molecule has 2 aliphatic rings. The Labute approximate surface area is 164 Å². The molecule has 142 valence electrons. The quantitative estimate of drug-likeness (QED) is 0.691. The largest absolute Gasteiger partial charge is 0.361 e. The molecule has 0 unspecified atom stereocenters. The number of carbonyl (C=O) groups excluding carboxylic acids is 1. The van der Waals surface area contributed by atoms with Crippen LogP contribution in [0.25, 0.3) is 16.8 Å². The summed E-state index contributed by atoms with van der Waals surface area (Å²) in [6.07, 6.45) is 3.87. The summed E-state index contributed by atoms with van der Waals surface area (Å²) in [6.45, 7) is 1.98. The molecule has 28 heavy (non-hydrogen) atoms. The molecule has 1 spiro atoms. The molecule has 1 aliphatic carbocycles. The summed E-state index contributed by atoms with van der Waals surface area (Å²) in [6, 6.07) is 12.4. The zero-order valence-corrected chi connectivity index (χ0v) is 16.6. The molecule has 1 saturated carbocycles. The van der Waals surface area contributed by atoms with Gasteiger partial charge in [-0.15, -0.1) is 5.10 Å². The number of rotatable bonds is 2. The van der Waals surface area contributed by atoms with Crippen molar-refractivity contribution >= 4 is 11.7 Å². The number of aryl methyl sites for hydroxylation is 1. The predicted molar refractivity (Wildman–Crippen MR) is 109 cm³/mol. The Hall–Kier alpha value is -3.15. The first kappa shape index (κ1) is 17.0. The number of benzene rings is 1. The summed E-state index contributed by atoms with van der Waals surface area (Å²) >= 11 is 0. The van der Waals surface area contributed by atoms with Crippen LogP contribution in [0.15, 0.2) is 42.6 Å². The first-order chi connectivity index (χ1) is 13.4. The molecule has 1 aromatic carbocycles. The van der Waals surface area contributed by atoms with E-state index in [9.17, 15) is 4.79 Å². The first-order valence-electron chi connectivity index (χ1n) is 9.54. The minimum atomic E-state index is -0.213. The van der Waals surface area contributed by atoms with Crippen molar-refractivity contribution in [2.24, 2.45) is 0 Å². The van der Waals surface area contributed by atoms with Crippen LogP contribution >= 0.6 is 0 Å². The van der Waals surface area contributed by atoms with E-state index in [1.165, 1.54) is 5.56 Å². The molecule has 3 aromatic rings. The highest BCUT2D eigenvalue weighted by Gasteiger charge is 2.53. The van der Waals surface area contributed by atoms with E-state index in [-0.39, 0.29) is 11.4 Å². The van der Waals surface area contributed by atoms with Gasteiger partial charge < -0.3 is 9.80 Å². The molecule has 6 nitrogen and oxygen atoms in total. The minimum Gasteiger partial charge on any atom is -0.361 e. The summed E-state index contributed by atoms with van der Waals surface area (Å²) in [5.74, 6) is 0.796. The van der Waals surface area contributed by atoms with Crippen LogP contribution in [0.2, 0.25) is 0 Å². The van der Waals surface area contributed by atoms with Gasteiger partial charge in [-0.3, -0.25) is 9.78 Å². The fourth-order valence-electron chi connectivity index (χ4n) is 4.11. The zero-order valence-electron chi connectivity index (χ0n) is 16.6. The van der Waals surface area contributed by atoms with Gasteiger partial charge in [0.25, 0.3) is 5.91 Å². The number of fused-ring (bicyclic) bond motifs is 4. The summed E-state index contributed by atoms with van der Waals surface area (Å²) in [4.78, 5) is 21.5. The average molecular weight is 373 g/mol. The molecule has 1 amide bonds. The van der Waals surface area contributed by atoms with E-state index in [1.807, 2.05) is 60.9 Å². The van der Waals surface area contributed by atoms with Crippen LogP contribution in [-0.2, 0) is 5.54 Å². The summed E-state index contributed by atoms with van der Waals surface area (Å²) in [5, 5.41) is 4.76. The second-order valence-corrected chi connectivity index (χ2v) is 8.01. The van der Waals surface area contributed by atoms with Crippen LogP contribution in [0.3, 0.4) is 0 Å². The molecule has 0 bridgehead atoms. The molecule has 1 aliphatic heterocycles. The monoisotopic (exact) mass is 373 g/mol.